The van der Waals surface area contributed by atoms with Crippen LogP contribution in [0.2, 0.25) is 5.02 Å². The van der Waals surface area contributed by atoms with Gasteiger partial charge in [0, 0.05) is 42.1 Å². The number of carbonyl (C=O) groups excluding carboxylic acids is 2. The second-order valence-corrected chi connectivity index (χ2v) is 7.25. The molecule has 0 saturated heterocycles. The van der Waals surface area contributed by atoms with Gasteiger partial charge >= 0.3 is 0 Å². The molecule has 1 aromatic carbocycles. The molecule has 2 aliphatic carbocycles. The van der Waals surface area contributed by atoms with E-state index in [4.69, 9.17) is 17.3 Å². The Hall–Kier alpha value is -1.85. The van der Waals surface area contributed by atoms with Crippen molar-refractivity contribution >= 4 is 29.5 Å². The van der Waals surface area contributed by atoms with E-state index in [-0.39, 0.29) is 23.9 Å². The topological polar surface area (TPSA) is 84.2 Å². The Bertz CT molecular complexity index is 694. The lowest BCUT2D eigenvalue weighted by Crippen LogP contribution is -2.44. The minimum Gasteiger partial charge on any atom is -0.353 e. The molecule has 25 heavy (non-hydrogen) atoms. The van der Waals surface area contributed by atoms with Gasteiger partial charge in [0.2, 0.25) is 11.8 Å². The Balaban J connectivity index is 1.47. The maximum Gasteiger partial charge on any atom is 0.247 e. The SMILES string of the molecule is NCCC(=O)NC1CCC(NC(=O)C2=Cc3cc(Cl)ccc3C2)CC1. The summed E-state index contributed by atoms with van der Waals surface area (Å²) in [6, 6.07) is 6.10. The van der Waals surface area contributed by atoms with Crippen molar-refractivity contribution < 1.29 is 9.59 Å². The largest absolute Gasteiger partial charge is 0.353 e. The van der Waals surface area contributed by atoms with Gasteiger partial charge in [0.05, 0.1) is 0 Å². The number of hydrogen-bond acceptors (Lipinski definition) is 3. The molecule has 2 amide bonds. The molecule has 1 fully saturated rings. The highest BCUT2D eigenvalue weighted by atomic mass is 35.5. The second kappa shape index (κ2) is 8.02. The molecule has 0 aromatic heterocycles. The van der Waals surface area contributed by atoms with Crippen molar-refractivity contribution in [2.45, 2.75) is 50.6 Å². The van der Waals surface area contributed by atoms with Gasteiger partial charge in [0.15, 0.2) is 0 Å². The van der Waals surface area contributed by atoms with E-state index in [1.807, 2.05) is 24.3 Å². The van der Waals surface area contributed by atoms with Crippen LogP contribution in [0.1, 0.15) is 43.2 Å². The third-order valence-corrected chi connectivity index (χ3v) is 5.14. The standard InChI is InChI=1S/C19H24ClN3O2/c20-15-2-1-12-9-14(10-13(12)11-15)19(25)23-17-5-3-16(4-6-17)22-18(24)7-8-21/h1-2,10-11,16-17H,3-9,21H2,(H,22,24)(H,23,25). The molecule has 0 radical (unpaired) electrons. The maximum atomic E-state index is 12.5. The highest BCUT2D eigenvalue weighted by Crippen LogP contribution is 2.28. The summed E-state index contributed by atoms with van der Waals surface area (Å²) in [4.78, 5) is 24.1. The molecular weight excluding hydrogens is 338 g/mol. The molecule has 134 valence electrons. The van der Waals surface area contributed by atoms with Crippen LogP contribution in [0.15, 0.2) is 23.8 Å². The van der Waals surface area contributed by atoms with Gasteiger partial charge in [-0.05, 0) is 55.0 Å². The Labute approximate surface area is 153 Å². The fourth-order valence-electron chi connectivity index (χ4n) is 3.54. The zero-order valence-corrected chi connectivity index (χ0v) is 14.9. The van der Waals surface area contributed by atoms with Crippen LogP contribution < -0.4 is 16.4 Å². The molecule has 0 heterocycles. The maximum absolute atomic E-state index is 12.5. The van der Waals surface area contributed by atoms with Crippen molar-refractivity contribution in [3.05, 3.63) is 39.9 Å². The zero-order valence-electron chi connectivity index (χ0n) is 14.2. The van der Waals surface area contributed by atoms with Crippen LogP contribution >= 0.6 is 11.6 Å². The first-order valence-electron chi connectivity index (χ1n) is 8.84. The summed E-state index contributed by atoms with van der Waals surface area (Å²) in [5.74, 6) is 0.0189. The predicted octanol–water partition coefficient (Wildman–Crippen LogP) is 2.17. The van der Waals surface area contributed by atoms with E-state index in [2.05, 4.69) is 10.6 Å². The Morgan fingerprint density at radius 1 is 1.12 bits per heavy atom. The molecule has 0 unspecified atom stereocenters. The third-order valence-electron chi connectivity index (χ3n) is 4.91. The van der Waals surface area contributed by atoms with Gasteiger partial charge < -0.3 is 16.4 Å². The quantitative estimate of drug-likeness (QED) is 0.751. The van der Waals surface area contributed by atoms with Crippen LogP contribution in [0.4, 0.5) is 0 Å². The van der Waals surface area contributed by atoms with Gasteiger partial charge in [-0.3, -0.25) is 9.59 Å². The van der Waals surface area contributed by atoms with Crippen molar-refractivity contribution in [3.8, 4) is 0 Å². The lowest BCUT2D eigenvalue weighted by atomic mass is 9.91. The minimum absolute atomic E-state index is 0.00272. The van der Waals surface area contributed by atoms with Crippen molar-refractivity contribution in [1.29, 1.82) is 0 Å². The summed E-state index contributed by atoms with van der Waals surface area (Å²) < 4.78 is 0. The summed E-state index contributed by atoms with van der Waals surface area (Å²) in [5, 5.41) is 6.83. The summed E-state index contributed by atoms with van der Waals surface area (Å²) >= 11 is 6.01. The highest BCUT2D eigenvalue weighted by Gasteiger charge is 2.25. The summed E-state index contributed by atoms with van der Waals surface area (Å²) in [6.45, 7) is 0.375. The number of nitrogens with one attached hydrogen (secondary N) is 2. The predicted molar refractivity (Wildman–Crippen MR) is 99.1 cm³/mol. The van der Waals surface area contributed by atoms with E-state index in [0.29, 0.717) is 24.4 Å². The van der Waals surface area contributed by atoms with Gasteiger partial charge in [0.25, 0.3) is 0 Å². The molecule has 0 atom stereocenters. The van der Waals surface area contributed by atoms with Gasteiger partial charge in [-0.25, -0.2) is 0 Å². The Morgan fingerprint density at radius 2 is 1.80 bits per heavy atom. The molecule has 5 nitrogen and oxygen atoms in total. The summed E-state index contributed by atoms with van der Waals surface area (Å²) in [6.07, 6.45) is 6.48. The molecule has 0 aliphatic heterocycles. The van der Waals surface area contributed by atoms with Crippen molar-refractivity contribution in [2.24, 2.45) is 5.73 Å². The van der Waals surface area contributed by atoms with E-state index in [1.54, 1.807) is 0 Å². The summed E-state index contributed by atoms with van der Waals surface area (Å²) in [7, 11) is 0. The Kier molecular flexibility index (Phi) is 5.76. The molecule has 2 aliphatic rings. The lowest BCUT2D eigenvalue weighted by molar-refractivity contribution is -0.122. The van der Waals surface area contributed by atoms with Crippen LogP contribution in [-0.2, 0) is 16.0 Å². The van der Waals surface area contributed by atoms with Crippen LogP contribution in [0, 0.1) is 0 Å². The lowest BCUT2D eigenvalue weighted by Gasteiger charge is -2.29. The Morgan fingerprint density at radius 3 is 2.48 bits per heavy atom. The fraction of sp³-hybridized carbons (Fsp3) is 0.474. The number of fused-ring (bicyclic) bond motifs is 1. The highest BCUT2D eigenvalue weighted by molar-refractivity contribution is 6.30. The van der Waals surface area contributed by atoms with Gasteiger partial charge in [-0.1, -0.05) is 17.7 Å². The molecule has 1 saturated carbocycles. The number of carbonyl (C=O) groups is 2. The van der Waals surface area contributed by atoms with Crippen molar-refractivity contribution in [1.82, 2.24) is 10.6 Å². The molecule has 1 aromatic rings. The van der Waals surface area contributed by atoms with E-state index < -0.39 is 0 Å². The number of halogens is 1. The van der Waals surface area contributed by atoms with E-state index >= 15 is 0 Å². The zero-order chi connectivity index (χ0) is 17.8. The molecule has 6 heteroatoms. The van der Waals surface area contributed by atoms with Gasteiger partial charge in [-0.2, -0.15) is 0 Å². The number of amides is 2. The molecular formula is C19H24ClN3O2. The number of nitrogens with two attached hydrogens (primary N) is 1. The van der Waals surface area contributed by atoms with Crippen LogP contribution in [0.5, 0.6) is 0 Å². The number of rotatable bonds is 5. The van der Waals surface area contributed by atoms with Crippen LogP contribution in [0.3, 0.4) is 0 Å². The van der Waals surface area contributed by atoms with E-state index in [0.717, 1.165) is 42.4 Å². The monoisotopic (exact) mass is 361 g/mol. The molecule has 0 bridgehead atoms. The first-order chi connectivity index (χ1) is 12.0. The fourth-order valence-corrected chi connectivity index (χ4v) is 3.72. The average Bonchev–Trinajstić information content (AvgIpc) is 3.00. The van der Waals surface area contributed by atoms with E-state index in [1.165, 1.54) is 0 Å². The van der Waals surface area contributed by atoms with Crippen LogP contribution in [0.25, 0.3) is 6.08 Å². The summed E-state index contributed by atoms with van der Waals surface area (Å²) in [5.41, 5.74) is 8.35. The second-order valence-electron chi connectivity index (χ2n) is 6.82. The van der Waals surface area contributed by atoms with Crippen LogP contribution in [-0.4, -0.2) is 30.4 Å². The smallest absolute Gasteiger partial charge is 0.247 e. The molecule has 0 spiro atoms. The minimum atomic E-state index is 0.00272. The first-order valence-corrected chi connectivity index (χ1v) is 9.22. The molecule has 3 rings (SSSR count). The third kappa shape index (κ3) is 4.61. The van der Waals surface area contributed by atoms with Crippen molar-refractivity contribution in [2.75, 3.05) is 6.54 Å². The molecule has 4 N–H and O–H groups in total. The number of benzene rings is 1. The average molecular weight is 362 g/mol. The normalized spacial score (nSPS) is 22.1. The van der Waals surface area contributed by atoms with E-state index in [9.17, 15) is 9.59 Å². The van der Waals surface area contributed by atoms with Gasteiger partial charge in [-0.15, -0.1) is 0 Å². The first kappa shape index (κ1) is 18.0. The van der Waals surface area contributed by atoms with Gasteiger partial charge in [0.1, 0.15) is 0 Å². The number of hydrogen-bond donors (Lipinski definition) is 3. The van der Waals surface area contributed by atoms with Crippen molar-refractivity contribution in [3.63, 3.8) is 0 Å².